The Balaban J connectivity index is 1.30. The van der Waals surface area contributed by atoms with Crippen LogP contribution in [0.1, 0.15) is 29.3 Å². The molecule has 1 aromatic carbocycles. The maximum atomic E-state index is 12.4. The van der Waals surface area contributed by atoms with Gasteiger partial charge in [-0.25, -0.2) is 0 Å². The van der Waals surface area contributed by atoms with Crippen molar-refractivity contribution in [2.75, 3.05) is 45.0 Å². The highest BCUT2D eigenvalue weighted by Gasteiger charge is 2.36. The van der Waals surface area contributed by atoms with Gasteiger partial charge in [0.15, 0.2) is 0 Å². The highest BCUT2D eigenvalue weighted by Crippen LogP contribution is 2.38. The first-order valence-electron chi connectivity index (χ1n) is 9.72. The molecule has 0 bridgehead atoms. The molecule has 2 amide bonds. The minimum absolute atomic E-state index is 0.152. The van der Waals surface area contributed by atoms with E-state index in [0.29, 0.717) is 17.6 Å². The monoisotopic (exact) mass is 374 g/mol. The normalized spacial score (nSPS) is 24.3. The fraction of sp³-hybridized carbons (Fsp3) is 0.600. The van der Waals surface area contributed by atoms with Gasteiger partial charge in [0.1, 0.15) is 5.37 Å². The topological polar surface area (TPSA) is 45.1 Å². The number of rotatable bonds is 5. The van der Waals surface area contributed by atoms with Gasteiger partial charge in [0.05, 0.1) is 45.0 Å². The van der Waals surface area contributed by atoms with E-state index in [1.807, 2.05) is 9.80 Å². The molecule has 6 heteroatoms. The van der Waals surface area contributed by atoms with Gasteiger partial charge < -0.3 is 14.7 Å². The average molecular weight is 375 g/mol. The molecule has 4 rings (SSSR count). The zero-order valence-electron chi connectivity index (χ0n) is 15.4. The highest BCUT2D eigenvalue weighted by molar-refractivity contribution is 8.00. The Kier molecular flexibility index (Phi) is 5.23. The van der Waals surface area contributed by atoms with Crippen molar-refractivity contribution < 1.29 is 14.5 Å². The third kappa shape index (κ3) is 3.91. The van der Waals surface area contributed by atoms with E-state index in [4.69, 9.17) is 0 Å². The molecule has 1 atom stereocenters. The molecular formula is C20H28N3O2S+. The van der Waals surface area contributed by atoms with Crippen LogP contribution in [0.3, 0.4) is 0 Å². The molecule has 1 aromatic rings. The van der Waals surface area contributed by atoms with Crippen molar-refractivity contribution in [3.8, 4) is 0 Å². The minimum Gasteiger partial charge on any atom is -0.331 e. The quantitative estimate of drug-likeness (QED) is 0.826. The summed E-state index contributed by atoms with van der Waals surface area (Å²) in [4.78, 5) is 30.2. The minimum atomic E-state index is 0.152. The number of carbonyl (C=O) groups excluding carboxylic acids is 2. The van der Waals surface area contributed by atoms with Gasteiger partial charge in [-0.15, -0.1) is 11.8 Å². The smallest absolute Gasteiger partial charge is 0.234 e. The van der Waals surface area contributed by atoms with E-state index in [0.717, 1.165) is 52.1 Å². The number of carbonyl (C=O) groups is 2. The zero-order valence-corrected chi connectivity index (χ0v) is 16.3. The summed E-state index contributed by atoms with van der Waals surface area (Å²) in [5, 5.41) is 0.152. The molecule has 1 aliphatic carbocycles. The molecule has 0 unspecified atom stereocenters. The van der Waals surface area contributed by atoms with Crippen molar-refractivity contribution in [1.29, 1.82) is 0 Å². The Bertz CT molecular complexity index is 683. The van der Waals surface area contributed by atoms with Crippen molar-refractivity contribution in [2.24, 2.45) is 5.92 Å². The van der Waals surface area contributed by atoms with Gasteiger partial charge in [-0.2, -0.15) is 0 Å². The number of hydrogen-bond acceptors (Lipinski definition) is 3. The molecule has 1 N–H and O–H groups in total. The fourth-order valence-corrected chi connectivity index (χ4v) is 5.16. The number of piperazine rings is 1. The van der Waals surface area contributed by atoms with E-state index in [9.17, 15) is 9.59 Å². The molecule has 5 nitrogen and oxygen atoms in total. The van der Waals surface area contributed by atoms with Crippen LogP contribution in [0.4, 0.5) is 0 Å². The number of thioether (sulfide) groups is 1. The number of aryl methyl sites for hydroxylation is 1. The van der Waals surface area contributed by atoms with Crippen molar-refractivity contribution in [2.45, 2.75) is 25.1 Å². The van der Waals surface area contributed by atoms with Crippen LogP contribution in [-0.4, -0.2) is 66.6 Å². The molecule has 0 aromatic heterocycles. The number of nitrogens with one attached hydrogen (secondary N) is 1. The van der Waals surface area contributed by atoms with Crippen LogP contribution in [0.25, 0.3) is 0 Å². The molecule has 2 saturated heterocycles. The fourth-order valence-electron chi connectivity index (χ4n) is 3.96. The van der Waals surface area contributed by atoms with Gasteiger partial charge >= 0.3 is 0 Å². The van der Waals surface area contributed by atoms with Crippen LogP contribution < -0.4 is 4.90 Å². The van der Waals surface area contributed by atoms with Crippen LogP contribution in [0.2, 0.25) is 0 Å². The lowest BCUT2D eigenvalue weighted by molar-refractivity contribution is -0.903. The maximum Gasteiger partial charge on any atom is 0.234 e. The molecule has 0 spiro atoms. The van der Waals surface area contributed by atoms with Crippen LogP contribution in [0.5, 0.6) is 0 Å². The second-order valence-electron chi connectivity index (χ2n) is 7.76. The Morgan fingerprint density at radius 1 is 1.27 bits per heavy atom. The van der Waals surface area contributed by atoms with Crippen molar-refractivity contribution in [3.05, 3.63) is 35.4 Å². The zero-order chi connectivity index (χ0) is 18.1. The van der Waals surface area contributed by atoms with E-state index in [-0.39, 0.29) is 11.3 Å². The SMILES string of the molecule is Cc1cccc([C@H]2SCC(=O)N2CC[NH+]2CCN(C(=O)C3CC3)CC2)c1. The Morgan fingerprint density at radius 2 is 2.04 bits per heavy atom. The summed E-state index contributed by atoms with van der Waals surface area (Å²) in [6.07, 6.45) is 2.17. The van der Waals surface area contributed by atoms with Gasteiger partial charge in [0.2, 0.25) is 11.8 Å². The van der Waals surface area contributed by atoms with E-state index in [1.54, 1.807) is 11.8 Å². The third-order valence-corrected chi connectivity index (χ3v) is 6.97. The van der Waals surface area contributed by atoms with Crippen molar-refractivity contribution >= 4 is 23.6 Å². The summed E-state index contributed by atoms with van der Waals surface area (Å²) >= 11 is 1.74. The Morgan fingerprint density at radius 3 is 2.73 bits per heavy atom. The van der Waals surface area contributed by atoms with Crippen LogP contribution in [0.15, 0.2) is 24.3 Å². The van der Waals surface area contributed by atoms with Gasteiger partial charge in [-0.05, 0) is 25.3 Å². The molecule has 2 aliphatic heterocycles. The number of nitrogens with zero attached hydrogens (tertiary/aromatic N) is 2. The number of hydrogen-bond donors (Lipinski definition) is 1. The molecule has 2 heterocycles. The summed E-state index contributed by atoms with van der Waals surface area (Å²) in [5.74, 6) is 1.53. The molecule has 3 aliphatic rings. The Hall–Kier alpha value is -1.53. The summed E-state index contributed by atoms with van der Waals surface area (Å²) in [5.41, 5.74) is 2.47. The molecule has 0 radical (unpaired) electrons. The van der Waals surface area contributed by atoms with Gasteiger partial charge in [-0.3, -0.25) is 9.59 Å². The van der Waals surface area contributed by atoms with Crippen LogP contribution >= 0.6 is 11.8 Å². The van der Waals surface area contributed by atoms with E-state index >= 15 is 0 Å². The largest absolute Gasteiger partial charge is 0.331 e. The third-order valence-electron chi connectivity index (χ3n) is 5.71. The van der Waals surface area contributed by atoms with Gasteiger partial charge in [0, 0.05) is 5.92 Å². The lowest BCUT2D eigenvalue weighted by atomic mass is 10.1. The number of amides is 2. The molecule has 26 heavy (non-hydrogen) atoms. The standard InChI is InChI=1S/C20H27N3O2S/c1-15-3-2-4-17(13-15)20-23(18(24)14-26-20)12-9-21-7-10-22(11-8-21)19(25)16-5-6-16/h2-4,13,16,20H,5-12,14H2,1H3/p+1/t20-/m1/s1. The number of quaternary nitrogens is 1. The first-order chi connectivity index (χ1) is 12.6. The summed E-state index contributed by atoms with van der Waals surface area (Å²) < 4.78 is 0. The van der Waals surface area contributed by atoms with Crippen LogP contribution in [0, 0.1) is 12.8 Å². The predicted molar refractivity (Wildman–Crippen MR) is 103 cm³/mol. The van der Waals surface area contributed by atoms with E-state index in [2.05, 4.69) is 31.2 Å². The highest BCUT2D eigenvalue weighted by atomic mass is 32.2. The summed E-state index contributed by atoms with van der Waals surface area (Å²) in [6.45, 7) is 7.62. The van der Waals surface area contributed by atoms with Gasteiger partial charge in [0.25, 0.3) is 0 Å². The molecule has 3 fully saturated rings. The Labute approximate surface area is 159 Å². The second-order valence-corrected chi connectivity index (χ2v) is 8.83. The number of benzene rings is 1. The van der Waals surface area contributed by atoms with E-state index < -0.39 is 0 Å². The van der Waals surface area contributed by atoms with Crippen LogP contribution in [-0.2, 0) is 9.59 Å². The lowest BCUT2D eigenvalue weighted by Gasteiger charge is -2.33. The average Bonchev–Trinajstić information content (AvgIpc) is 3.43. The molecular weight excluding hydrogens is 346 g/mol. The van der Waals surface area contributed by atoms with Crippen molar-refractivity contribution in [1.82, 2.24) is 9.80 Å². The first kappa shape index (κ1) is 17.9. The first-order valence-corrected chi connectivity index (χ1v) is 10.8. The van der Waals surface area contributed by atoms with E-state index in [1.165, 1.54) is 16.0 Å². The summed E-state index contributed by atoms with van der Waals surface area (Å²) in [7, 11) is 0. The predicted octanol–water partition coefficient (Wildman–Crippen LogP) is 0.706. The van der Waals surface area contributed by atoms with Gasteiger partial charge in [-0.1, -0.05) is 29.8 Å². The van der Waals surface area contributed by atoms with Crippen molar-refractivity contribution in [3.63, 3.8) is 0 Å². The molecule has 1 saturated carbocycles. The lowest BCUT2D eigenvalue weighted by Crippen LogP contribution is -3.15. The maximum absolute atomic E-state index is 12.4. The summed E-state index contributed by atoms with van der Waals surface area (Å²) in [6, 6.07) is 8.50. The molecule has 140 valence electrons. The second kappa shape index (κ2) is 7.61.